The van der Waals surface area contributed by atoms with E-state index in [0.717, 1.165) is 6.20 Å². The smallest absolute Gasteiger partial charge is 0.404 e. The van der Waals surface area contributed by atoms with Gasteiger partial charge in [0.05, 0.1) is 10.7 Å². The molecule has 108 valence electrons. The van der Waals surface area contributed by atoms with Crippen LogP contribution in [0, 0.1) is 5.82 Å². The first kappa shape index (κ1) is 14.7. The van der Waals surface area contributed by atoms with Crippen molar-refractivity contribution in [2.24, 2.45) is 0 Å². The minimum absolute atomic E-state index is 0.0254. The van der Waals surface area contributed by atoms with Gasteiger partial charge in [0, 0.05) is 6.07 Å². The Labute approximate surface area is 123 Å². The molecule has 2 aromatic heterocycles. The van der Waals surface area contributed by atoms with E-state index >= 15 is 0 Å². The number of ether oxygens (including phenoxy) is 1. The van der Waals surface area contributed by atoms with Crippen molar-refractivity contribution in [1.29, 1.82) is 0 Å². The molecule has 20 heavy (non-hydrogen) atoms. The van der Waals surface area contributed by atoms with Crippen LogP contribution in [0.15, 0.2) is 12.3 Å². The minimum Gasteiger partial charge on any atom is -0.404 e. The third-order valence-electron chi connectivity index (χ3n) is 2.11. The average molecular weight is 403 g/mol. The lowest BCUT2D eigenvalue weighted by atomic mass is 10.4. The number of nitrogens with zero attached hydrogens (tertiary/aromatic N) is 4. The van der Waals surface area contributed by atoms with Crippen LogP contribution in [0.3, 0.4) is 0 Å². The molecule has 0 saturated carbocycles. The van der Waals surface area contributed by atoms with Crippen LogP contribution in [0.1, 0.15) is 5.69 Å². The molecule has 2 rings (SSSR count). The Morgan fingerprint density at radius 2 is 2.10 bits per heavy atom. The largest absolute Gasteiger partial charge is 0.433 e. The van der Waals surface area contributed by atoms with Crippen LogP contribution in [0.4, 0.5) is 23.4 Å². The molecule has 0 unspecified atom stereocenters. The SMILES string of the molecule is Nc1nc(Oc2cc(C(F)(F)F)n(CI)n2)ncc1F. The third kappa shape index (κ3) is 3.08. The zero-order chi connectivity index (χ0) is 14.9. The van der Waals surface area contributed by atoms with Crippen molar-refractivity contribution in [2.75, 3.05) is 5.73 Å². The first-order chi connectivity index (χ1) is 9.31. The fourth-order valence-corrected chi connectivity index (χ4v) is 1.79. The monoisotopic (exact) mass is 403 g/mol. The Kier molecular flexibility index (Phi) is 3.96. The quantitative estimate of drug-likeness (QED) is 0.485. The van der Waals surface area contributed by atoms with Crippen LogP contribution in [0.25, 0.3) is 0 Å². The third-order valence-corrected chi connectivity index (χ3v) is 2.75. The molecule has 0 aliphatic carbocycles. The Morgan fingerprint density at radius 1 is 1.40 bits per heavy atom. The van der Waals surface area contributed by atoms with E-state index in [1.807, 2.05) is 0 Å². The molecule has 2 N–H and O–H groups in total. The summed E-state index contributed by atoms with van der Waals surface area (Å²) in [6, 6.07) is 0.303. The number of halogens is 5. The molecular formula is C9H6F4IN5O. The highest BCUT2D eigenvalue weighted by atomic mass is 127. The Bertz CT molecular complexity index is 629. The highest BCUT2D eigenvalue weighted by Gasteiger charge is 2.36. The number of alkyl halides is 4. The van der Waals surface area contributed by atoms with Gasteiger partial charge in [0.1, 0.15) is 5.69 Å². The van der Waals surface area contributed by atoms with Crippen molar-refractivity contribution in [3.05, 3.63) is 23.8 Å². The van der Waals surface area contributed by atoms with Crippen molar-refractivity contribution in [1.82, 2.24) is 19.7 Å². The highest BCUT2D eigenvalue weighted by molar-refractivity contribution is 14.1. The van der Waals surface area contributed by atoms with Crippen molar-refractivity contribution in [3.8, 4) is 11.9 Å². The van der Waals surface area contributed by atoms with Crippen molar-refractivity contribution < 1.29 is 22.3 Å². The summed E-state index contributed by atoms with van der Waals surface area (Å²) in [6.45, 7) is 0. The summed E-state index contributed by atoms with van der Waals surface area (Å²) < 4.78 is 56.5. The fourth-order valence-electron chi connectivity index (χ4n) is 1.27. The van der Waals surface area contributed by atoms with Gasteiger partial charge < -0.3 is 10.5 Å². The first-order valence-corrected chi connectivity index (χ1v) is 6.50. The topological polar surface area (TPSA) is 78.9 Å². The van der Waals surface area contributed by atoms with Crippen LogP contribution >= 0.6 is 22.6 Å². The van der Waals surface area contributed by atoms with Crippen molar-refractivity contribution in [2.45, 2.75) is 10.7 Å². The van der Waals surface area contributed by atoms with E-state index in [2.05, 4.69) is 15.1 Å². The maximum atomic E-state index is 12.8. The number of aromatic nitrogens is 4. The first-order valence-electron chi connectivity index (χ1n) is 4.98. The van der Waals surface area contributed by atoms with Gasteiger partial charge in [-0.05, 0) is 0 Å². The van der Waals surface area contributed by atoms with Crippen LogP contribution in [0.2, 0.25) is 0 Å². The van der Waals surface area contributed by atoms with Gasteiger partial charge in [-0.2, -0.15) is 18.2 Å². The molecule has 2 heterocycles. The average Bonchev–Trinajstić information content (AvgIpc) is 2.77. The predicted molar refractivity (Wildman–Crippen MR) is 67.7 cm³/mol. The summed E-state index contributed by atoms with van der Waals surface area (Å²) in [7, 11) is 0. The molecular weight excluding hydrogens is 397 g/mol. The molecule has 11 heteroatoms. The highest BCUT2D eigenvalue weighted by Crippen LogP contribution is 2.32. The van der Waals surface area contributed by atoms with E-state index in [0.29, 0.717) is 10.7 Å². The van der Waals surface area contributed by atoms with Gasteiger partial charge in [0.2, 0.25) is 5.88 Å². The second kappa shape index (κ2) is 5.38. The number of nitrogen functional groups attached to an aromatic ring is 1. The lowest BCUT2D eigenvalue weighted by molar-refractivity contribution is -0.143. The van der Waals surface area contributed by atoms with Gasteiger partial charge in [-0.3, -0.25) is 0 Å². The zero-order valence-electron chi connectivity index (χ0n) is 9.53. The molecule has 0 bridgehead atoms. The number of nitrogens with two attached hydrogens (primary N) is 1. The minimum atomic E-state index is -4.57. The Morgan fingerprint density at radius 3 is 2.60 bits per heavy atom. The van der Waals surface area contributed by atoms with E-state index in [1.165, 1.54) is 0 Å². The number of anilines is 1. The van der Waals surface area contributed by atoms with Crippen LogP contribution in [-0.2, 0) is 10.7 Å². The van der Waals surface area contributed by atoms with Crippen molar-refractivity contribution >= 4 is 28.4 Å². The number of rotatable bonds is 3. The molecule has 0 aliphatic heterocycles. The van der Waals surface area contributed by atoms with E-state index in [-0.39, 0.29) is 10.4 Å². The van der Waals surface area contributed by atoms with Crippen LogP contribution in [-0.4, -0.2) is 19.7 Å². The predicted octanol–water partition coefficient (Wildman–Crippen LogP) is 2.60. The Hall–Kier alpha value is -1.66. The van der Waals surface area contributed by atoms with Gasteiger partial charge >= 0.3 is 12.2 Å². The molecule has 0 saturated heterocycles. The summed E-state index contributed by atoms with van der Waals surface area (Å²) >= 11 is 1.72. The molecule has 2 aromatic rings. The lowest BCUT2D eigenvalue weighted by Crippen LogP contribution is -2.12. The molecule has 0 atom stereocenters. The lowest BCUT2D eigenvalue weighted by Gasteiger charge is -2.06. The van der Waals surface area contributed by atoms with E-state index in [4.69, 9.17) is 10.5 Å². The number of hydrogen-bond acceptors (Lipinski definition) is 5. The van der Waals surface area contributed by atoms with Crippen LogP contribution < -0.4 is 10.5 Å². The molecule has 0 aromatic carbocycles. The molecule has 0 fully saturated rings. The van der Waals surface area contributed by atoms with Gasteiger partial charge in [0.15, 0.2) is 11.6 Å². The van der Waals surface area contributed by atoms with Gasteiger partial charge in [0.25, 0.3) is 0 Å². The summed E-state index contributed by atoms with van der Waals surface area (Å²) in [5, 5.41) is 3.59. The standard InChI is InChI=1S/C9H6F4IN5O/c10-4-2-16-8(17-7(4)15)20-6-1-5(9(11,12)13)19(3-14)18-6/h1-2H,3H2,(H2,15,16,17). The van der Waals surface area contributed by atoms with Gasteiger partial charge in [-0.1, -0.05) is 22.6 Å². The summed E-state index contributed by atoms with van der Waals surface area (Å²) in [5.74, 6) is -1.69. The molecule has 0 spiro atoms. The molecule has 0 aliphatic rings. The molecule has 6 nitrogen and oxygen atoms in total. The summed E-state index contributed by atoms with van der Waals surface area (Å²) in [4.78, 5) is 6.87. The van der Waals surface area contributed by atoms with Gasteiger partial charge in [-0.25, -0.2) is 14.1 Å². The van der Waals surface area contributed by atoms with Gasteiger partial charge in [-0.15, -0.1) is 5.10 Å². The summed E-state index contributed by atoms with van der Waals surface area (Å²) in [6.07, 6.45) is -3.82. The van der Waals surface area contributed by atoms with Crippen LogP contribution in [0.5, 0.6) is 11.9 Å². The van der Waals surface area contributed by atoms with E-state index in [9.17, 15) is 17.6 Å². The maximum Gasteiger partial charge on any atom is 0.433 e. The molecule has 0 amide bonds. The van der Waals surface area contributed by atoms with E-state index in [1.54, 1.807) is 22.6 Å². The molecule has 0 radical (unpaired) electrons. The second-order valence-electron chi connectivity index (χ2n) is 3.47. The summed E-state index contributed by atoms with van der Waals surface area (Å²) in [5.41, 5.74) is 4.22. The fraction of sp³-hybridized carbons (Fsp3) is 0.222. The Balaban J connectivity index is 2.30. The maximum absolute atomic E-state index is 12.8. The zero-order valence-corrected chi connectivity index (χ0v) is 11.7. The second-order valence-corrected chi connectivity index (χ2v) is 4.15. The van der Waals surface area contributed by atoms with E-state index < -0.39 is 29.5 Å². The normalized spacial score (nSPS) is 11.7. The van der Waals surface area contributed by atoms with Crippen molar-refractivity contribution in [3.63, 3.8) is 0 Å². The number of hydrogen-bond donors (Lipinski definition) is 1.